The Kier molecular flexibility index (Phi) is 5.35. The largest absolute Gasteiger partial charge is 0.487 e. The Labute approximate surface area is 218 Å². The number of rotatable bonds is 5. The molecule has 0 bridgehead atoms. The van der Waals surface area contributed by atoms with Crippen molar-refractivity contribution in [2.75, 3.05) is 38.7 Å². The second-order valence-corrected chi connectivity index (χ2v) is 11.0. The summed E-state index contributed by atoms with van der Waals surface area (Å²) in [6.07, 6.45) is 6.54. The number of ether oxygens (including phenoxy) is 2. The highest BCUT2D eigenvalue weighted by molar-refractivity contribution is 7.16. The molecule has 7 rings (SSSR count). The summed E-state index contributed by atoms with van der Waals surface area (Å²) in [7, 11) is 4.07. The van der Waals surface area contributed by atoms with Gasteiger partial charge < -0.3 is 19.7 Å². The first-order valence-corrected chi connectivity index (χ1v) is 13.3. The van der Waals surface area contributed by atoms with E-state index in [4.69, 9.17) is 9.47 Å². The molecule has 10 heteroatoms. The molecule has 1 N–H and O–H groups in total. The second kappa shape index (κ2) is 8.76. The van der Waals surface area contributed by atoms with Gasteiger partial charge in [-0.05, 0) is 55.9 Å². The number of hydrogen-bond donors (Lipinski definition) is 1. The maximum atomic E-state index is 6.93. The van der Waals surface area contributed by atoms with Gasteiger partial charge in [-0.2, -0.15) is 5.10 Å². The zero-order valence-corrected chi connectivity index (χ0v) is 21.5. The number of anilines is 2. The normalized spacial score (nSPS) is 19.4. The lowest BCUT2D eigenvalue weighted by Crippen LogP contribution is -2.61. The third-order valence-corrected chi connectivity index (χ3v) is 8.33. The fraction of sp³-hybridized carbons (Fsp3) is 0.333. The van der Waals surface area contributed by atoms with Crippen molar-refractivity contribution < 1.29 is 9.47 Å². The predicted octanol–water partition coefficient (Wildman–Crippen LogP) is 4.48. The maximum absolute atomic E-state index is 6.93. The molecule has 2 aliphatic heterocycles. The Balaban J connectivity index is 1.35. The molecule has 1 atom stereocenters. The van der Waals surface area contributed by atoms with Crippen molar-refractivity contribution in [2.45, 2.75) is 12.5 Å². The molecule has 188 valence electrons. The van der Waals surface area contributed by atoms with E-state index in [2.05, 4.69) is 55.5 Å². The van der Waals surface area contributed by atoms with Gasteiger partial charge in [0.05, 0.1) is 51.5 Å². The summed E-state index contributed by atoms with van der Waals surface area (Å²) in [5.74, 6) is 1.48. The van der Waals surface area contributed by atoms with E-state index in [1.165, 1.54) is 0 Å². The first-order chi connectivity index (χ1) is 18.1. The average molecular weight is 514 g/mol. The molecule has 2 saturated heterocycles. The lowest BCUT2D eigenvalue weighted by Gasteiger charge is -2.51. The van der Waals surface area contributed by atoms with E-state index in [9.17, 15) is 0 Å². The van der Waals surface area contributed by atoms with Gasteiger partial charge in [-0.3, -0.25) is 4.68 Å². The van der Waals surface area contributed by atoms with Crippen LogP contribution in [0, 0.1) is 5.41 Å². The Hall–Kier alpha value is -3.60. The fourth-order valence-corrected chi connectivity index (χ4v) is 6.02. The topological polar surface area (TPSA) is 90.2 Å². The first-order valence-electron chi connectivity index (χ1n) is 12.4. The Morgan fingerprint density at radius 2 is 2.00 bits per heavy atom. The summed E-state index contributed by atoms with van der Waals surface area (Å²) in [6, 6.07) is 10.3. The Bertz CT molecular complexity index is 1610. The van der Waals surface area contributed by atoms with E-state index in [1.807, 2.05) is 37.1 Å². The maximum Gasteiger partial charge on any atom is 0.145 e. The summed E-state index contributed by atoms with van der Waals surface area (Å²) in [5.41, 5.74) is 6.68. The van der Waals surface area contributed by atoms with Crippen molar-refractivity contribution in [3.05, 3.63) is 54.6 Å². The number of likely N-dealkylation sites (N-methyl/N-ethyl adjacent to an activating group) is 1. The lowest BCUT2D eigenvalue weighted by molar-refractivity contribution is -0.187. The van der Waals surface area contributed by atoms with Crippen molar-refractivity contribution in [3.63, 3.8) is 0 Å². The molecule has 0 radical (unpaired) electrons. The number of aromatic nitrogens is 5. The van der Waals surface area contributed by atoms with Crippen LogP contribution in [0.1, 0.15) is 6.42 Å². The third kappa shape index (κ3) is 4.01. The molecule has 5 aromatic rings. The van der Waals surface area contributed by atoms with Gasteiger partial charge in [-0.25, -0.2) is 15.0 Å². The molecule has 1 spiro atoms. The molecule has 3 aromatic heterocycles. The number of fused-ring (bicyclic) bond motifs is 2. The van der Waals surface area contributed by atoms with Crippen LogP contribution in [0.2, 0.25) is 0 Å². The zero-order chi connectivity index (χ0) is 25.0. The number of likely N-dealkylation sites (tertiary alicyclic amines) is 1. The summed E-state index contributed by atoms with van der Waals surface area (Å²) in [6.45, 7) is 3.38. The molecule has 5 heterocycles. The highest BCUT2D eigenvalue weighted by Crippen LogP contribution is 2.43. The molecule has 9 nitrogen and oxygen atoms in total. The van der Waals surface area contributed by atoms with E-state index in [0.717, 1.165) is 76.4 Å². The van der Waals surface area contributed by atoms with Crippen LogP contribution in [-0.2, 0) is 11.8 Å². The number of nitrogens with one attached hydrogen (secondary N) is 1. The number of piperidine rings is 1. The molecule has 0 aliphatic carbocycles. The van der Waals surface area contributed by atoms with Crippen molar-refractivity contribution >= 4 is 44.0 Å². The van der Waals surface area contributed by atoms with Gasteiger partial charge in [0.2, 0.25) is 0 Å². The first kappa shape index (κ1) is 22.6. The van der Waals surface area contributed by atoms with E-state index in [-0.39, 0.29) is 11.5 Å². The van der Waals surface area contributed by atoms with Gasteiger partial charge in [0.25, 0.3) is 0 Å². The molecule has 1 unspecified atom stereocenters. The summed E-state index contributed by atoms with van der Waals surface area (Å²) < 4.78 is 15.5. The molecule has 0 saturated carbocycles. The SMILES string of the molecule is CN1CCC2(COC2)C(Oc2cc(-c3cnn(C)c3)cc3ncnc(Nc4ccc5ncsc5c4)c23)C1. The minimum Gasteiger partial charge on any atom is -0.487 e. The van der Waals surface area contributed by atoms with Crippen LogP contribution in [-0.4, -0.2) is 69.1 Å². The number of thiazole rings is 1. The van der Waals surface area contributed by atoms with Crippen molar-refractivity contribution in [2.24, 2.45) is 12.5 Å². The van der Waals surface area contributed by atoms with Gasteiger partial charge in [-0.15, -0.1) is 11.3 Å². The van der Waals surface area contributed by atoms with E-state index in [1.54, 1.807) is 22.3 Å². The van der Waals surface area contributed by atoms with Crippen LogP contribution >= 0.6 is 11.3 Å². The van der Waals surface area contributed by atoms with Crippen LogP contribution in [0.15, 0.2) is 54.6 Å². The predicted molar refractivity (Wildman–Crippen MR) is 144 cm³/mol. The Morgan fingerprint density at radius 3 is 2.81 bits per heavy atom. The van der Waals surface area contributed by atoms with Crippen molar-refractivity contribution in [3.8, 4) is 16.9 Å². The van der Waals surface area contributed by atoms with Gasteiger partial charge in [0.1, 0.15) is 24.0 Å². The number of nitrogens with zero attached hydrogens (tertiary/aromatic N) is 6. The van der Waals surface area contributed by atoms with E-state index < -0.39 is 0 Å². The molecule has 37 heavy (non-hydrogen) atoms. The number of aryl methyl sites for hydroxylation is 1. The van der Waals surface area contributed by atoms with Crippen LogP contribution < -0.4 is 10.1 Å². The smallest absolute Gasteiger partial charge is 0.145 e. The average Bonchev–Trinajstić information content (AvgIpc) is 3.52. The van der Waals surface area contributed by atoms with Gasteiger partial charge in [0, 0.05) is 31.0 Å². The Morgan fingerprint density at radius 1 is 1.08 bits per heavy atom. The lowest BCUT2D eigenvalue weighted by atomic mass is 9.74. The van der Waals surface area contributed by atoms with E-state index in [0.29, 0.717) is 5.82 Å². The highest BCUT2D eigenvalue weighted by atomic mass is 32.1. The number of benzene rings is 2. The van der Waals surface area contributed by atoms with Gasteiger partial charge in [0.15, 0.2) is 0 Å². The highest BCUT2D eigenvalue weighted by Gasteiger charge is 2.50. The molecule has 0 amide bonds. The molecule has 2 fully saturated rings. The van der Waals surface area contributed by atoms with Crippen LogP contribution in [0.3, 0.4) is 0 Å². The minimum atomic E-state index is 0.00828. The number of hydrogen-bond acceptors (Lipinski definition) is 9. The second-order valence-electron chi connectivity index (χ2n) is 10.1. The monoisotopic (exact) mass is 513 g/mol. The molecular weight excluding hydrogens is 486 g/mol. The minimum absolute atomic E-state index is 0.00828. The van der Waals surface area contributed by atoms with Crippen LogP contribution in [0.25, 0.3) is 32.2 Å². The van der Waals surface area contributed by atoms with Crippen LogP contribution in [0.5, 0.6) is 5.75 Å². The molecular formula is C27H27N7O2S. The standard InChI is InChI=1S/C27H27N7O2S/c1-33-6-5-27(13-35-14-27)24(12-33)36-22-8-17(18-10-31-34(2)11-18)7-21-25(22)26(29-15-28-21)32-19-3-4-20-23(9-19)37-16-30-20/h3-4,7-11,15-16,24H,5-6,12-14H2,1-2H3,(H,28,29,32). The van der Waals surface area contributed by atoms with Gasteiger partial charge >= 0.3 is 0 Å². The zero-order valence-electron chi connectivity index (χ0n) is 20.7. The fourth-order valence-electron chi connectivity index (χ4n) is 5.30. The third-order valence-electron chi connectivity index (χ3n) is 7.53. The molecule has 2 aliphatic rings. The van der Waals surface area contributed by atoms with Crippen LogP contribution in [0.4, 0.5) is 11.5 Å². The quantitative estimate of drug-likeness (QED) is 0.368. The summed E-state index contributed by atoms with van der Waals surface area (Å²) in [4.78, 5) is 16.0. The van der Waals surface area contributed by atoms with Crippen molar-refractivity contribution in [1.29, 1.82) is 0 Å². The summed E-state index contributed by atoms with van der Waals surface area (Å²) in [5, 5.41) is 8.76. The van der Waals surface area contributed by atoms with Crippen molar-refractivity contribution in [1.82, 2.24) is 29.6 Å². The molecule has 2 aromatic carbocycles. The van der Waals surface area contributed by atoms with Gasteiger partial charge in [-0.1, -0.05) is 0 Å². The summed E-state index contributed by atoms with van der Waals surface area (Å²) >= 11 is 1.62. The van der Waals surface area contributed by atoms with E-state index >= 15 is 0 Å².